The van der Waals surface area contributed by atoms with Crippen molar-refractivity contribution in [2.75, 3.05) is 26.2 Å². The largest absolute Gasteiger partial charge is 0.298 e. The van der Waals surface area contributed by atoms with Crippen LogP contribution in [0.25, 0.3) is 0 Å². The molecular weight excluding hydrogens is 184 g/mol. The smallest absolute Gasteiger partial charge is 0.0224 e. The number of hydrogen-bond acceptors (Lipinski definition) is 2. The predicted octanol–water partition coefficient (Wildman–Crippen LogP) is 1.95. The first kappa shape index (κ1) is 10.1. The maximum Gasteiger partial charge on any atom is 0.0224 e. The van der Waals surface area contributed by atoms with Crippen molar-refractivity contribution in [3.05, 3.63) is 0 Å². The van der Waals surface area contributed by atoms with Gasteiger partial charge in [0.15, 0.2) is 0 Å². The van der Waals surface area contributed by atoms with E-state index in [1.54, 1.807) is 0 Å². The van der Waals surface area contributed by atoms with Gasteiger partial charge in [0.25, 0.3) is 0 Å². The van der Waals surface area contributed by atoms with Crippen molar-refractivity contribution in [1.82, 2.24) is 9.80 Å². The standard InChI is InChI=1S/C13H24N2/c1-11-8-14-7-3-4-12(14)9-15(11)10-13(2)5-6-13/h11-12H,3-10H2,1-2H3. The van der Waals surface area contributed by atoms with Crippen LogP contribution in [0.3, 0.4) is 0 Å². The van der Waals surface area contributed by atoms with Gasteiger partial charge in [0.05, 0.1) is 0 Å². The molecule has 2 heterocycles. The molecule has 0 aromatic rings. The summed E-state index contributed by atoms with van der Waals surface area (Å²) in [5.74, 6) is 0. The first-order valence-electron chi connectivity index (χ1n) is 6.64. The van der Waals surface area contributed by atoms with Gasteiger partial charge >= 0.3 is 0 Å². The van der Waals surface area contributed by atoms with Crippen molar-refractivity contribution in [3.8, 4) is 0 Å². The molecule has 0 aromatic heterocycles. The van der Waals surface area contributed by atoms with Gasteiger partial charge in [0.2, 0.25) is 0 Å². The van der Waals surface area contributed by atoms with Gasteiger partial charge in [-0.1, -0.05) is 6.92 Å². The Labute approximate surface area is 93.6 Å². The molecule has 0 N–H and O–H groups in total. The molecule has 2 heteroatoms. The lowest BCUT2D eigenvalue weighted by Crippen LogP contribution is -2.55. The van der Waals surface area contributed by atoms with Crippen LogP contribution in [0, 0.1) is 5.41 Å². The molecule has 2 unspecified atom stereocenters. The van der Waals surface area contributed by atoms with E-state index in [1.165, 1.54) is 51.9 Å². The van der Waals surface area contributed by atoms with Gasteiger partial charge in [-0.05, 0) is 44.6 Å². The number of rotatable bonds is 2. The molecule has 3 fully saturated rings. The van der Waals surface area contributed by atoms with Crippen LogP contribution in [0.1, 0.15) is 39.5 Å². The lowest BCUT2D eigenvalue weighted by molar-refractivity contribution is 0.0468. The minimum atomic E-state index is 0.690. The van der Waals surface area contributed by atoms with Crippen molar-refractivity contribution in [2.45, 2.75) is 51.6 Å². The van der Waals surface area contributed by atoms with E-state index in [2.05, 4.69) is 23.6 Å². The summed E-state index contributed by atoms with van der Waals surface area (Å²) in [6.45, 7) is 10.3. The molecule has 3 aliphatic rings. The second-order valence-electron chi connectivity index (χ2n) is 6.38. The lowest BCUT2D eigenvalue weighted by atomic mass is 10.0. The zero-order valence-electron chi connectivity index (χ0n) is 10.2. The highest BCUT2D eigenvalue weighted by atomic mass is 15.3. The Morgan fingerprint density at radius 2 is 2.07 bits per heavy atom. The second-order valence-corrected chi connectivity index (χ2v) is 6.38. The van der Waals surface area contributed by atoms with Crippen molar-refractivity contribution in [1.29, 1.82) is 0 Å². The first-order valence-corrected chi connectivity index (χ1v) is 6.64. The lowest BCUT2D eigenvalue weighted by Gasteiger charge is -2.43. The van der Waals surface area contributed by atoms with Crippen LogP contribution in [0.2, 0.25) is 0 Å². The van der Waals surface area contributed by atoms with Crippen LogP contribution >= 0.6 is 0 Å². The molecule has 15 heavy (non-hydrogen) atoms. The van der Waals surface area contributed by atoms with E-state index < -0.39 is 0 Å². The topological polar surface area (TPSA) is 6.48 Å². The third kappa shape index (κ3) is 1.94. The molecule has 2 atom stereocenters. The monoisotopic (exact) mass is 208 g/mol. The Morgan fingerprint density at radius 3 is 2.80 bits per heavy atom. The summed E-state index contributed by atoms with van der Waals surface area (Å²) in [4.78, 5) is 5.48. The molecular formula is C13H24N2. The van der Waals surface area contributed by atoms with Crippen LogP contribution in [0.4, 0.5) is 0 Å². The maximum atomic E-state index is 2.76. The van der Waals surface area contributed by atoms with Gasteiger partial charge in [0, 0.05) is 31.7 Å². The Morgan fingerprint density at radius 1 is 1.27 bits per heavy atom. The minimum absolute atomic E-state index is 0.690. The normalized spacial score (nSPS) is 40.4. The van der Waals surface area contributed by atoms with Crippen LogP contribution in [-0.2, 0) is 0 Å². The quantitative estimate of drug-likeness (QED) is 0.684. The molecule has 2 aliphatic heterocycles. The summed E-state index contributed by atoms with van der Waals surface area (Å²) < 4.78 is 0. The minimum Gasteiger partial charge on any atom is -0.298 e. The summed E-state index contributed by atoms with van der Waals surface area (Å²) in [7, 11) is 0. The SMILES string of the molecule is CC1CN2CCCC2CN1CC1(C)CC1. The highest BCUT2D eigenvalue weighted by Gasteiger charge is 2.42. The molecule has 2 saturated heterocycles. The van der Waals surface area contributed by atoms with E-state index in [9.17, 15) is 0 Å². The highest BCUT2D eigenvalue weighted by Crippen LogP contribution is 2.46. The molecule has 0 aromatic carbocycles. The summed E-state index contributed by atoms with van der Waals surface area (Å²) in [6, 6.07) is 1.68. The van der Waals surface area contributed by atoms with Gasteiger partial charge in [-0.15, -0.1) is 0 Å². The summed E-state index contributed by atoms with van der Waals surface area (Å²) in [5, 5.41) is 0. The maximum absolute atomic E-state index is 2.76. The third-order valence-corrected chi connectivity index (χ3v) is 4.75. The molecule has 2 nitrogen and oxygen atoms in total. The van der Waals surface area contributed by atoms with Gasteiger partial charge in [-0.3, -0.25) is 9.80 Å². The summed E-state index contributed by atoms with van der Waals surface area (Å²) >= 11 is 0. The Hall–Kier alpha value is -0.0800. The van der Waals surface area contributed by atoms with Crippen molar-refractivity contribution in [2.24, 2.45) is 5.41 Å². The average Bonchev–Trinajstić information content (AvgIpc) is 2.74. The highest BCUT2D eigenvalue weighted by molar-refractivity contribution is 4.97. The van der Waals surface area contributed by atoms with E-state index >= 15 is 0 Å². The predicted molar refractivity (Wildman–Crippen MR) is 63.0 cm³/mol. The fourth-order valence-corrected chi connectivity index (χ4v) is 3.33. The summed E-state index contributed by atoms with van der Waals surface area (Å²) in [5.41, 5.74) is 0.690. The molecule has 86 valence electrons. The second kappa shape index (κ2) is 3.46. The zero-order valence-corrected chi connectivity index (χ0v) is 10.2. The number of fused-ring (bicyclic) bond motifs is 1. The molecule has 1 aliphatic carbocycles. The first-order chi connectivity index (χ1) is 7.16. The Kier molecular flexibility index (Phi) is 2.33. The molecule has 0 bridgehead atoms. The van der Waals surface area contributed by atoms with Gasteiger partial charge in [-0.25, -0.2) is 0 Å². The van der Waals surface area contributed by atoms with E-state index in [-0.39, 0.29) is 0 Å². The van der Waals surface area contributed by atoms with Crippen LogP contribution in [-0.4, -0.2) is 48.1 Å². The van der Waals surface area contributed by atoms with Crippen molar-refractivity contribution in [3.63, 3.8) is 0 Å². The molecule has 1 saturated carbocycles. The van der Waals surface area contributed by atoms with Crippen LogP contribution in [0.15, 0.2) is 0 Å². The Bertz CT molecular complexity index is 247. The van der Waals surface area contributed by atoms with E-state index in [1.807, 2.05) is 0 Å². The number of hydrogen-bond donors (Lipinski definition) is 0. The number of piperazine rings is 1. The van der Waals surface area contributed by atoms with E-state index in [0.29, 0.717) is 5.41 Å². The zero-order chi connectivity index (χ0) is 10.5. The third-order valence-electron chi connectivity index (χ3n) is 4.75. The Balaban J connectivity index is 1.63. The summed E-state index contributed by atoms with van der Waals surface area (Å²) in [6.07, 6.45) is 5.80. The number of nitrogens with zero attached hydrogens (tertiary/aromatic N) is 2. The molecule has 3 rings (SSSR count). The van der Waals surface area contributed by atoms with Crippen molar-refractivity contribution >= 4 is 0 Å². The van der Waals surface area contributed by atoms with E-state index in [0.717, 1.165) is 12.1 Å². The van der Waals surface area contributed by atoms with Crippen LogP contribution < -0.4 is 0 Å². The molecule has 0 amide bonds. The van der Waals surface area contributed by atoms with Gasteiger partial charge in [-0.2, -0.15) is 0 Å². The van der Waals surface area contributed by atoms with Gasteiger partial charge < -0.3 is 0 Å². The van der Waals surface area contributed by atoms with Crippen LogP contribution in [0.5, 0.6) is 0 Å². The fraction of sp³-hybridized carbons (Fsp3) is 1.00. The van der Waals surface area contributed by atoms with E-state index in [4.69, 9.17) is 0 Å². The van der Waals surface area contributed by atoms with Gasteiger partial charge in [0.1, 0.15) is 0 Å². The van der Waals surface area contributed by atoms with Crippen molar-refractivity contribution < 1.29 is 0 Å². The molecule has 0 spiro atoms. The average molecular weight is 208 g/mol. The fourth-order valence-electron chi connectivity index (χ4n) is 3.33. The molecule has 0 radical (unpaired) electrons.